The molecule has 0 radical (unpaired) electrons. The maximum atomic E-state index is 12.0. The Labute approximate surface area is 123 Å². The first kappa shape index (κ1) is 13.0. The molecule has 1 atom stereocenters. The van der Waals surface area contributed by atoms with Gasteiger partial charge in [-0.15, -0.1) is 0 Å². The van der Waals surface area contributed by atoms with Crippen LogP contribution in [-0.2, 0) is 4.79 Å². The Bertz CT molecular complexity index is 578. The highest BCUT2D eigenvalue weighted by Gasteiger charge is 2.35. The fourth-order valence-corrected chi connectivity index (χ4v) is 2.70. The number of rotatable bonds is 4. The van der Waals surface area contributed by atoms with Crippen LogP contribution in [0.5, 0.6) is 11.5 Å². The average Bonchev–Trinajstić information content (AvgIpc) is 3.38. The van der Waals surface area contributed by atoms with Gasteiger partial charge in [0.1, 0.15) is 13.2 Å². The number of carbonyl (C=O) groups is 1. The van der Waals surface area contributed by atoms with Crippen molar-refractivity contribution in [3.63, 3.8) is 0 Å². The first-order chi connectivity index (χ1) is 10.2. The first-order valence-electron chi connectivity index (χ1n) is 7.65. The van der Waals surface area contributed by atoms with Gasteiger partial charge >= 0.3 is 0 Å². The van der Waals surface area contributed by atoms with E-state index < -0.39 is 6.10 Å². The highest BCUT2D eigenvalue weighted by atomic mass is 16.6. The minimum Gasteiger partial charge on any atom is -0.486 e. The summed E-state index contributed by atoms with van der Waals surface area (Å²) in [5.41, 5.74) is 1.41. The van der Waals surface area contributed by atoms with E-state index in [1.54, 1.807) is 6.07 Å². The minimum absolute atomic E-state index is 0.0379. The second kappa shape index (κ2) is 4.91. The summed E-state index contributed by atoms with van der Waals surface area (Å²) in [4.78, 5) is 12.0. The van der Waals surface area contributed by atoms with Gasteiger partial charge in [0, 0.05) is 17.5 Å². The predicted octanol–water partition coefficient (Wildman–Crippen LogP) is 2.25. The lowest BCUT2D eigenvalue weighted by molar-refractivity contribution is -0.117. The molecule has 3 aliphatic rings. The molecule has 2 saturated carbocycles. The third-order valence-electron chi connectivity index (χ3n) is 4.31. The van der Waals surface area contributed by atoms with Crippen molar-refractivity contribution in [3.8, 4) is 11.5 Å². The van der Waals surface area contributed by atoms with Gasteiger partial charge in [0.25, 0.3) is 0 Å². The number of benzene rings is 1. The average molecular weight is 289 g/mol. The number of nitrogens with one attached hydrogen (secondary N) is 1. The number of hydrogen-bond acceptors (Lipinski definition) is 4. The molecule has 2 fully saturated rings. The monoisotopic (exact) mass is 289 g/mol. The Hall–Kier alpha value is -1.75. The van der Waals surface area contributed by atoms with Crippen molar-refractivity contribution in [1.29, 1.82) is 0 Å². The van der Waals surface area contributed by atoms with Crippen LogP contribution in [-0.4, -0.2) is 24.2 Å². The molecule has 5 heteroatoms. The van der Waals surface area contributed by atoms with E-state index in [0.29, 0.717) is 36.3 Å². The highest BCUT2D eigenvalue weighted by molar-refractivity contribution is 5.95. The molecule has 0 saturated heterocycles. The van der Waals surface area contributed by atoms with E-state index in [1.165, 1.54) is 0 Å². The van der Waals surface area contributed by atoms with E-state index in [0.717, 1.165) is 31.2 Å². The molecule has 1 amide bonds. The van der Waals surface area contributed by atoms with E-state index in [-0.39, 0.29) is 11.8 Å². The molecule has 21 heavy (non-hydrogen) atoms. The molecule has 5 nitrogen and oxygen atoms in total. The van der Waals surface area contributed by atoms with Crippen LogP contribution in [0, 0.1) is 11.8 Å². The number of aliphatic hydroxyl groups is 1. The number of ether oxygens (including phenoxy) is 2. The van der Waals surface area contributed by atoms with Crippen molar-refractivity contribution in [2.45, 2.75) is 31.8 Å². The van der Waals surface area contributed by atoms with E-state index in [9.17, 15) is 9.90 Å². The Kier molecular flexibility index (Phi) is 3.03. The zero-order valence-electron chi connectivity index (χ0n) is 11.8. The van der Waals surface area contributed by atoms with Crippen molar-refractivity contribution in [2.75, 3.05) is 18.5 Å². The van der Waals surface area contributed by atoms with E-state index in [4.69, 9.17) is 9.47 Å². The van der Waals surface area contributed by atoms with Crippen molar-refractivity contribution in [3.05, 3.63) is 17.7 Å². The second-order valence-corrected chi connectivity index (χ2v) is 6.13. The molecular weight excluding hydrogens is 270 g/mol. The van der Waals surface area contributed by atoms with Crippen molar-refractivity contribution >= 4 is 11.6 Å². The van der Waals surface area contributed by atoms with Crippen LogP contribution in [0.2, 0.25) is 0 Å². The van der Waals surface area contributed by atoms with Gasteiger partial charge < -0.3 is 19.9 Å². The van der Waals surface area contributed by atoms with E-state index in [2.05, 4.69) is 5.32 Å². The van der Waals surface area contributed by atoms with Crippen LogP contribution < -0.4 is 14.8 Å². The Morgan fingerprint density at radius 2 is 1.81 bits per heavy atom. The van der Waals surface area contributed by atoms with Gasteiger partial charge in [-0.3, -0.25) is 4.79 Å². The SMILES string of the molecule is O=C(Nc1cc2c(cc1[C@H](O)C1CC1)OCCO2)C1CC1. The maximum absolute atomic E-state index is 12.0. The molecule has 0 bridgehead atoms. The largest absolute Gasteiger partial charge is 0.486 e. The molecule has 0 spiro atoms. The number of anilines is 1. The third kappa shape index (κ3) is 2.58. The number of amides is 1. The molecule has 2 aliphatic carbocycles. The second-order valence-electron chi connectivity index (χ2n) is 6.13. The van der Waals surface area contributed by atoms with Gasteiger partial charge in [-0.2, -0.15) is 0 Å². The zero-order chi connectivity index (χ0) is 14.4. The number of fused-ring (bicyclic) bond motifs is 1. The molecular formula is C16H19NO4. The standard InChI is InChI=1S/C16H19NO4/c18-15(9-1-2-9)11-7-13-14(21-6-5-20-13)8-12(11)17-16(19)10-3-4-10/h7-10,15,18H,1-6H2,(H,17,19)/t15-/m1/s1. The quantitative estimate of drug-likeness (QED) is 0.892. The molecule has 112 valence electrons. The first-order valence-corrected chi connectivity index (χ1v) is 7.65. The van der Waals surface area contributed by atoms with E-state index >= 15 is 0 Å². The molecule has 1 aromatic carbocycles. The predicted molar refractivity (Wildman–Crippen MR) is 76.5 cm³/mol. The van der Waals surface area contributed by atoms with Crippen LogP contribution in [0.25, 0.3) is 0 Å². The summed E-state index contributed by atoms with van der Waals surface area (Å²) in [6, 6.07) is 3.61. The fraction of sp³-hybridized carbons (Fsp3) is 0.562. The molecule has 0 aromatic heterocycles. The Morgan fingerprint density at radius 1 is 1.14 bits per heavy atom. The third-order valence-corrected chi connectivity index (χ3v) is 4.31. The summed E-state index contributed by atoms with van der Waals surface area (Å²) in [6.45, 7) is 1.02. The maximum Gasteiger partial charge on any atom is 0.227 e. The summed E-state index contributed by atoms with van der Waals surface area (Å²) >= 11 is 0. The molecule has 1 heterocycles. The van der Waals surface area contributed by atoms with Crippen LogP contribution in [0.3, 0.4) is 0 Å². The normalized spacial score (nSPS) is 21.8. The van der Waals surface area contributed by atoms with Crippen molar-refractivity contribution < 1.29 is 19.4 Å². The van der Waals surface area contributed by atoms with Gasteiger partial charge in [-0.25, -0.2) is 0 Å². The van der Waals surface area contributed by atoms with Gasteiger partial charge in [0.2, 0.25) is 5.91 Å². The topological polar surface area (TPSA) is 67.8 Å². The van der Waals surface area contributed by atoms with Crippen LogP contribution in [0.15, 0.2) is 12.1 Å². The summed E-state index contributed by atoms with van der Waals surface area (Å²) < 4.78 is 11.2. The van der Waals surface area contributed by atoms with Crippen LogP contribution >= 0.6 is 0 Å². The van der Waals surface area contributed by atoms with Crippen molar-refractivity contribution in [2.24, 2.45) is 11.8 Å². The van der Waals surface area contributed by atoms with Crippen molar-refractivity contribution in [1.82, 2.24) is 0 Å². The number of hydrogen-bond donors (Lipinski definition) is 2. The minimum atomic E-state index is -0.546. The number of carbonyl (C=O) groups excluding carboxylic acids is 1. The fourth-order valence-electron chi connectivity index (χ4n) is 2.70. The number of aliphatic hydroxyl groups excluding tert-OH is 1. The molecule has 2 N–H and O–H groups in total. The van der Waals surface area contributed by atoms with Crippen LogP contribution in [0.4, 0.5) is 5.69 Å². The zero-order valence-corrected chi connectivity index (χ0v) is 11.8. The lowest BCUT2D eigenvalue weighted by Crippen LogP contribution is -2.19. The van der Waals surface area contributed by atoms with Gasteiger partial charge in [0.05, 0.1) is 11.8 Å². The molecule has 4 rings (SSSR count). The smallest absolute Gasteiger partial charge is 0.227 e. The van der Waals surface area contributed by atoms with Gasteiger partial charge in [0.15, 0.2) is 11.5 Å². The molecule has 1 aliphatic heterocycles. The highest BCUT2D eigenvalue weighted by Crippen LogP contribution is 2.46. The molecule has 1 aromatic rings. The van der Waals surface area contributed by atoms with Gasteiger partial charge in [-0.1, -0.05) is 0 Å². The summed E-state index contributed by atoms with van der Waals surface area (Å²) in [7, 11) is 0. The lowest BCUT2D eigenvalue weighted by Gasteiger charge is -2.23. The summed E-state index contributed by atoms with van der Waals surface area (Å²) in [5, 5.41) is 13.4. The summed E-state index contributed by atoms with van der Waals surface area (Å²) in [5.74, 6) is 1.75. The van der Waals surface area contributed by atoms with Gasteiger partial charge in [-0.05, 0) is 37.7 Å². The van der Waals surface area contributed by atoms with Crippen LogP contribution in [0.1, 0.15) is 37.4 Å². The van der Waals surface area contributed by atoms with E-state index in [1.807, 2.05) is 6.07 Å². The Balaban J connectivity index is 1.68. The Morgan fingerprint density at radius 3 is 2.43 bits per heavy atom. The molecule has 0 unspecified atom stereocenters. The lowest BCUT2D eigenvalue weighted by atomic mass is 10.0. The summed E-state index contributed by atoms with van der Waals surface area (Å²) in [6.07, 6.45) is 3.43.